The average Bonchev–Trinajstić information content (AvgIpc) is 3.16. The molecule has 3 heterocycles. The smallest absolute Gasteiger partial charge is 0.251 e. The standard InChI is InChI=1S/C23H29N3O2/c1-25(16-20-9-5-6-12-24-20)23(27)21-15-19-11-14-26(17-22(19)28-21)13-10-18-7-3-2-4-8-18/h2-9,12,19,21-22H,10-11,13-17H2,1H3/t19-,21+,22-/m0/s1. The number of likely N-dealkylation sites (tertiary alicyclic amines) is 1. The number of rotatable bonds is 6. The number of hydrogen-bond donors (Lipinski definition) is 0. The lowest BCUT2D eigenvalue weighted by molar-refractivity contribution is -0.142. The second-order valence-electron chi connectivity index (χ2n) is 8.00. The molecule has 1 amide bonds. The van der Waals surface area contributed by atoms with Gasteiger partial charge < -0.3 is 14.5 Å². The first-order valence-corrected chi connectivity index (χ1v) is 10.3. The Hall–Kier alpha value is -2.24. The number of aromatic nitrogens is 1. The fraction of sp³-hybridized carbons (Fsp3) is 0.478. The molecular formula is C23H29N3O2. The molecule has 148 valence electrons. The van der Waals surface area contributed by atoms with Gasteiger partial charge >= 0.3 is 0 Å². The van der Waals surface area contributed by atoms with E-state index in [-0.39, 0.29) is 18.1 Å². The summed E-state index contributed by atoms with van der Waals surface area (Å²) in [6.07, 6.45) is 4.67. The molecule has 5 heteroatoms. The van der Waals surface area contributed by atoms with Gasteiger partial charge in [-0.1, -0.05) is 36.4 Å². The minimum atomic E-state index is -0.308. The van der Waals surface area contributed by atoms with E-state index in [2.05, 4.69) is 40.2 Å². The second-order valence-corrected chi connectivity index (χ2v) is 8.00. The number of pyridine rings is 1. The molecule has 1 aromatic carbocycles. The molecule has 0 aliphatic carbocycles. The monoisotopic (exact) mass is 379 g/mol. The number of ether oxygens (including phenoxy) is 1. The van der Waals surface area contributed by atoms with Crippen LogP contribution in [-0.2, 0) is 22.5 Å². The van der Waals surface area contributed by atoms with Crippen molar-refractivity contribution >= 4 is 5.91 Å². The Labute approximate surface area is 167 Å². The van der Waals surface area contributed by atoms with Gasteiger partial charge in [0.2, 0.25) is 0 Å². The van der Waals surface area contributed by atoms with Gasteiger partial charge in [0, 0.05) is 26.3 Å². The number of likely N-dealkylation sites (N-methyl/N-ethyl adjacent to an activating group) is 1. The maximum absolute atomic E-state index is 12.8. The van der Waals surface area contributed by atoms with Crippen molar-refractivity contribution in [2.75, 3.05) is 26.7 Å². The average molecular weight is 380 g/mol. The number of carbonyl (C=O) groups excluding carboxylic acids is 1. The maximum atomic E-state index is 12.8. The highest BCUT2D eigenvalue weighted by atomic mass is 16.5. The fourth-order valence-corrected chi connectivity index (χ4v) is 4.35. The number of hydrogen-bond acceptors (Lipinski definition) is 4. The molecule has 2 aliphatic rings. The Morgan fingerprint density at radius 1 is 1.21 bits per heavy atom. The molecule has 0 radical (unpaired) electrons. The first kappa shape index (κ1) is 19.1. The quantitative estimate of drug-likeness (QED) is 0.774. The molecule has 5 nitrogen and oxygen atoms in total. The highest BCUT2D eigenvalue weighted by Gasteiger charge is 2.42. The van der Waals surface area contributed by atoms with E-state index in [0.717, 1.165) is 44.6 Å². The number of carbonyl (C=O) groups is 1. The number of nitrogens with zero attached hydrogens (tertiary/aromatic N) is 3. The van der Waals surface area contributed by atoms with Crippen molar-refractivity contribution in [1.29, 1.82) is 0 Å². The first-order valence-electron chi connectivity index (χ1n) is 10.3. The van der Waals surface area contributed by atoms with E-state index in [1.54, 1.807) is 11.1 Å². The van der Waals surface area contributed by atoms with Crippen LogP contribution in [0.4, 0.5) is 0 Å². The molecule has 0 saturated carbocycles. The molecule has 1 aromatic heterocycles. The van der Waals surface area contributed by atoms with Gasteiger partial charge in [0.1, 0.15) is 6.10 Å². The van der Waals surface area contributed by atoms with E-state index in [1.165, 1.54) is 5.56 Å². The highest BCUT2D eigenvalue weighted by molar-refractivity contribution is 5.81. The lowest BCUT2D eigenvalue weighted by Crippen LogP contribution is -2.43. The van der Waals surface area contributed by atoms with E-state index in [4.69, 9.17) is 4.74 Å². The molecule has 0 N–H and O–H groups in total. The number of piperidine rings is 1. The summed E-state index contributed by atoms with van der Waals surface area (Å²) in [5, 5.41) is 0. The molecule has 2 aromatic rings. The van der Waals surface area contributed by atoms with E-state index in [1.807, 2.05) is 25.2 Å². The fourth-order valence-electron chi connectivity index (χ4n) is 4.35. The Balaban J connectivity index is 1.27. The van der Waals surface area contributed by atoms with Gasteiger partial charge in [0.25, 0.3) is 5.91 Å². The third-order valence-corrected chi connectivity index (χ3v) is 5.97. The van der Waals surface area contributed by atoms with E-state index in [9.17, 15) is 4.79 Å². The third-order valence-electron chi connectivity index (χ3n) is 5.97. The Kier molecular flexibility index (Phi) is 6.03. The van der Waals surface area contributed by atoms with Gasteiger partial charge in [-0.15, -0.1) is 0 Å². The lowest BCUT2D eigenvalue weighted by atomic mass is 9.91. The van der Waals surface area contributed by atoms with Crippen LogP contribution >= 0.6 is 0 Å². The van der Waals surface area contributed by atoms with E-state index < -0.39 is 0 Å². The van der Waals surface area contributed by atoms with Crippen molar-refractivity contribution in [2.45, 2.75) is 38.0 Å². The molecule has 2 saturated heterocycles. The lowest BCUT2D eigenvalue weighted by Gasteiger charge is -2.34. The SMILES string of the molecule is CN(Cc1ccccn1)C(=O)[C@H]1C[C@@H]2CCN(CCc3ccccc3)C[C@@H]2O1. The zero-order chi connectivity index (χ0) is 19.3. The van der Waals surface area contributed by atoms with Crippen LogP contribution in [0.2, 0.25) is 0 Å². The molecule has 2 aliphatic heterocycles. The molecule has 3 atom stereocenters. The van der Waals surface area contributed by atoms with Gasteiger partial charge in [-0.2, -0.15) is 0 Å². The summed E-state index contributed by atoms with van der Waals surface area (Å²) in [6, 6.07) is 16.4. The summed E-state index contributed by atoms with van der Waals surface area (Å²) >= 11 is 0. The first-order chi connectivity index (χ1) is 13.7. The van der Waals surface area contributed by atoms with Gasteiger partial charge in [-0.25, -0.2) is 0 Å². The predicted molar refractivity (Wildman–Crippen MR) is 109 cm³/mol. The minimum absolute atomic E-state index is 0.0795. The molecule has 28 heavy (non-hydrogen) atoms. The second kappa shape index (κ2) is 8.84. The van der Waals surface area contributed by atoms with Gasteiger partial charge in [0.05, 0.1) is 18.3 Å². The van der Waals surface area contributed by atoms with Crippen LogP contribution in [-0.4, -0.2) is 59.6 Å². The topological polar surface area (TPSA) is 45.7 Å². The Morgan fingerprint density at radius 2 is 2.04 bits per heavy atom. The van der Waals surface area contributed by atoms with Gasteiger partial charge in [-0.05, 0) is 49.4 Å². The summed E-state index contributed by atoms with van der Waals surface area (Å²) in [6.45, 7) is 3.61. The third kappa shape index (κ3) is 4.59. The molecule has 0 bridgehead atoms. The van der Waals surface area contributed by atoms with Crippen molar-refractivity contribution in [3.8, 4) is 0 Å². The van der Waals surface area contributed by atoms with Crippen LogP contribution in [0.3, 0.4) is 0 Å². The maximum Gasteiger partial charge on any atom is 0.251 e. The number of fused-ring (bicyclic) bond motifs is 1. The van der Waals surface area contributed by atoms with Crippen molar-refractivity contribution in [1.82, 2.24) is 14.8 Å². The van der Waals surface area contributed by atoms with Crippen LogP contribution < -0.4 is 0 Å². The van der Waals surface area contributed by atoms with Gasteiger partial charge in [-0.3, -0.25) is 9.78 Å². The zero-order valence-electron chi connectivity index (χ0n) is 16.5. The van der Waals surface area contributed by atoms with Crippen LogP contribution in [0.1, 0.15) is 24.1 Å². The Bertz CT molecular complexity index is 768. The van der Waals surface area contributed by atoms with Crippen LogP contribution in [0.25, 0.3) is 0 Å². The van der Waals surface area contributed by atoms with Crippen LogP contribution in [0, 0.1) is 5.92 Å². The summed E-state index contributed by atoms with van der Waals surface area (Å²) < 4.78 is 6.21. The molecule has 2 fully saturated rings. The molecule has 4 rings (SSSR count). The number of amides is 1. The largest absolute Gasteiger partial charge is 0.364 e. The number of benzene rings is 1. The van der Waals surface area contributed by atoms with Crippen molar-refractivity contribution in [2.24, 2.45) is 5.92 Å². The van der Waals surface area contributed by atoms with Crippen LogP contribution in [0.5, 0.6) is 0 Å². The molecule has 0 unspecified atom stereocenters. The summed E-state index contributed by atoms with van der Waals surface area (Å²) in [5.41, 5.74) is 2.28. The highest BCUT2D eigenvalue weighted by Crippen LogP contribution is 2.34. The van der Waals surface area contributed by atoms with E-state index in [0.29, 0.717) is 12.5 Å². The summed E-state index contributed by atoms with van der Waals surface area (Å²) in [4.78, 5) is 21.4. The van der Waals surface area contributed by atoms with Crippen molar-refractivity contribution < 1.29 is 9.53 Å². The normalized spacial score (nSPS) is 24.7. The van der Waals surface area contributed by atoms with Gasteiger partial charge in [0.15, 0.2) is 0 Å². The van der Waals surface area contributed by atoms with Crippen molar-refractivity contribution in [3.63, 3.8) is 0 Å². The molecule has 0 spiro atoms. The van der Waals surface area contributed by atoms with Crippen LogP contribution in [0.15, 0.2) is 54.7 Å². The minimum Gasteiger partial charge on any atom is -0.364 e. The zero-order valence-corrected chi connectivity index (χ0v) is 16.5. The Morgan fingerprint density at radius 3 is 2.82 bits per heavy atom. The van der Waals surface area contributed by atoms with E-state index >= 15 is 0 Å². The summed E-state index contributed by atoms with van der Waals surface area (Å²) in [7, 11) is 1.84. The van der Waals surface area contributed by atoms with Crippen molar-refractivity contribution in [3.05, 3.63) is 66.0 Å². The molecular weight excluding hydrogens is 350 g/mol. The summed E-state index contributed by atoms with van der Waals surface area (Å²) in [5.74, 6) is 0.584. The predicted octanol–water partition coefficient (Wildman–Crippen LogP) is 2.76.